The third-order valence-corrected chi connectivity index (χ3v) is 4.05. The van der Waals surface area contributed by atoms with E-state index in [1.165, 1.54) is 10.9 Å². The van der Waals surface area contributed by atoms with Gasteiger partial charge in [0.05, 0.1) is 11.7 Å². The first kappa shape index (κ1) is 13.2. The first-order valence-electron chi connectivity index (χ1n) is 6.41. The van der Waals surface area contributed by atoms with Gasteiger partial charge in [0.15, 0.2) is 0 Å². The maximum absolute atomic E-state index is 4.51. The van der Waals surface area contributed by atoms with Crippen molar-refractivity contribution in [3.63, 3.8) is 0 Å². The third-order valence-electron chi connectivity index (χ3n) is 3.37. The van der Waals surface area contributed by atoms with Crippen LogP contribution in [0.5, 0.6) is 0 Å². The minimum Gasteiger partial charge on any atom is -0.308 e. The highest BCUT2D eigenvalue weighted by atomic mass is 79.9. The lowest BCUT2D eigenvalue weighted by molar-refractivity contribution is 0.672. The molecule has 3 rings (SSSR count). The zero-order valence-corrected chi connectivity index (χ0v) is 12.6. The molecule has 1 N–H and O–H groups in total. The molecule has 0 bridgehead atoms. The van der Waals surface area contributed by atoms with Crippen molar-refractivity contribution < 1.29 is 0 Å². The van der Waals surface area contributed by atoms with Crippen LogP contribution in [0.2, 0.25) is 0 Å². The summed E-state index contributed by atoms with van der Waals surface area (Å²) in [5, 5.41) is 5.68. The van der Waals surface area contributed by atoms with E-state index in [1.807, 2.05) is 43.8 Å². The fourth-order valence-electron chi connectivity index (χ4n) is 2.45. The molecule has 3 nitrogen and oxygen atoms in total. The van der Waals surface area contributed by atoms with E-state index in [0.717, 1.165) is 15.6 Å². The molecular formula is C16H14BrN3. The first-order valence-corrected chi connectivity index (χ1v) is 7.21. The Morgan fingerprint density at radius 2 is 2.00 bits per heavy atom. The first-order chi connectivity index (χ1) is 9.81. The van der Waals surface area contributed by atoms with Gasteiger partial charge in [0.1, 0.15) is 0 Å². The molecule has 1 aromatic carbocycles. The van der Waals surface area contributed by atoms with E-state index in [4.69, 9.17) is 0 Å². The fraction of sp³-hybridized carbons (Fsp3) is 0.125. The molecule has 2 aromatic heterocycles. The minimum atomic E-state index is 0.0386. The van der Waals surface area contributed by atoms with Crippen LogP contribution in [-0.4, -0.2) is 17.0 Å². The second-order valence-electron chi connectivity index (χ2n) is 4.54. The van der Waals surface area contributed by atoms with Gasteiger partial charge in [0.25, 0.3) is 0 Å². The lowest BCUT2D eigenvalue weighted by atomic mass is 9.97. The fourth-order valence-corrected chi connectivity index (χ4v) is 2.93. The summed E-state index contributed by atoms with van der Waals surface area (Å²) >= 11 is 3.58. The highest BCUT2D eigenvalue weighted by Crippen LogP contribution is 2.30. The van der Waals surface area contributed by atoms with Gasteiger partial charge in [-0.15, -0.1) is 0 Å². The molecule has 2 heterocycles. The van der Waals surface area contributed by atoms with Crippen molar-refractivity contribution in [2.45, 2.75) is 6.04 Å². The van der Waals surface area contributed by atoms with Crippen LogP contribution in [0.3, 0.4) is 0 Å². The SMILES string of the molecule is CNC(c1ncccc1Br)c1cccc2cnccc12. The molecule has 0 aliphatic carbocycles. The van der Waals surface area contributed by atoms with Crippen molar-refractivity contribution in [1.29, 1.82) is 0 Å². The van der Waals surface area contributed by atoms with E-state index >= 15 is 0 Å². The largest absolute Gasteiger partial charge is 0.308 e. The molecule has 3 aromatic rings. The summed E-state index contributed by atoms with van der Waals surface area (Å²) in [4.78, 5) is 8.69. The average molecular weight is 328 g/mol. The van der Waals surface area contributed by atoms with Crippen LogP contribution in [0.15, 0.2) is 59.5 Å². The van der Waals surface area contributed by atoms with E-state index in [0.29, 0.717) is 0 Å². The summed E-state index contributed by atoms with van der Waals surface area (Å²) in [5.74, 6) is 0. The molecule has 0 fully saturated rings. The average Bonchev–Trinajstić information content (AvgIpc) is 2.50. The Labute approximate surface area is 126 Å². The Balaban J connectivity index is 2.20. The molecule has 1 atom stereocenters. The van der Waals surface area contributed by atoms with Gasteiger partial charge in [-0.25, -0.2) is 0 Å². The number of halogens is 1. The van der Waals surface area contributed by atoms with E-state index in [2.05, 4.69) is 49.4 Å². The van der Waals surface area contributed by atoms with E-state index < -0.39 is 0 Å². The lowest BCUT2D eigenvalue weighted by Crippen LogP contribution is -2.19. The maximum Gasteiger partial charge on any atom is 0.0766 e. The summed E-state index contributed by atoms with van der Waals surface area (Å²) < 4.78 is 1.01. The molecule has 0 amide bonds. The van der Waals surface area contributed by atoms with Gasteiger partial charge in [0.2, 0.25) is 0 Å². The Kier molecular flexibility index (Phi) is 3.76. The van der Waals surface area contributed by atoms with Gasteiger partial charge in [0, 0.05) is 28.4 Å². The number of nitrogens with zero attached hydrogens (tertiary/aromatic N) is 2. The monoisotopic (exact) mass is 327 g/mol. The smallest absolute Gasteiger partial charge is 0.0766 e. The van der Waals surface area contributed by atoms with Crippen LogP contribution in [0, 0.1) is 0 Å². The number of rotatable bonds is 3. The Hall–Kier alpha value is -1.78. The lowest BCUT2D eigenvalue weighted by Gasteiger charge is -2.19. The zero-order valence-electron chi connectivity index (χ0n) is 11.0. The van der Waals surface area contributed by atoms with Crippen LogP contribution in [0.1, 0.15) is 17.3 Å². The van der Waals surface area contributed by atoms with E-state index in [-0.39, 0.29) is 6.04 Å². The number of pyridine rings is 2. The predicted octanol–water partition coefficient (Wildman–Crippen LogP) is 3.70. The highest BCUT2D eigenvalue weighted by Gasteiger charge is 2.18. The summed E-state index contributed by atoms with van der Waals surface area (Å²) in [6.45, 7) is 0. The highest BCUT2D eigenvalue weighted by molar-refractivity contribution is 9.10. The van der Waals surface area contributed by atoms with Crippen molar-refractivity contribution >= 4 is 26.7 Å². The third kappa shape index (κ3) is 2.32. The summed E-state index contributed by atoms with van der Waals surface area (Å²) in [7, 11) is 1.95. The molecule has 0 radical (unpaired) electrons. The minimum absolute atomic E-state index is 0.0386. The van der Waals surface area contributed by atoms with Crippen molar-refractivity contribution in [3.8, 4) is 0 Å². The van der Waals surface area contributed by atoms with Gasteiger partial charge in [-0.05, 0) is 52.1 Å². The molecule has 20 heavy (non-hydrogen) atoms. The Morgan fingerprint density at radius 1 is 1.10 bits per heavy atom. The van der Waals surface area contributed by atoms with E-state index in [9.17, 15) is 0 Å². The molecule has 0 saturated carbocycles. The second kappa shape index (κ2) is 5.69. The Bertz CT molecular complexity index is 737. The van der Waals surface area contributed by atoms with Crippen molar-refractivity contribution in [3.05, 3.63) is 70.7 Å². The van der Waals surface area contributed by atoms with Crippen molar-refractivity contribution in [1.82, 2.24) is 15.3 Å². The van der Waals surface area contributed by atoms with Crippen LogP contribution in [0.4, 0.5) is 0 Å². The van der Waals surface area contributed by atoms with Crippen molar-refractivity contribution in [2.24, 2.45) is 0 Å². The quantitative estimate of drug-likeness (QED) is 0.797. The van der Waals surface area contributed by atoms with Gasteiger partial charge in [-0.3, -0.25) is 9.97 Å². The molecule has 0 aliphatic rings. The van der Waals surface area contributed by atoms with Crippen LogP contribution in [0.25, 0.3) is 10.8 Å². The molecule has 0 aliphatic heterocycles. The molecule has 4 heteroatoms. The normalized spacial score (nSPS) is 12.5. The van der Waals surface area contributed by atoms with E-state index in [1.54, 1.807) is 0 Å². The molecule has 0 saturated heterocycles. The van der Waals surface area contributed by atoms with Crippen LogP contribution >= 0.6 is 15.9 Å². The standard InChI is InChI=1S/C16H14BrN3/c1-18-15(16-14(17)6-3-8-20-16)13-5-2-4-11-10-19-9-7-12(11)13/h2-10,15,18H,1H3. The summed E-state index contributed by atoms with van der Waals surface area (Å²) in [6, 6.07) is 12.3. The molecule has 0 spiro atoms. The number of benzene rings is 1. The van der Waals surface area contributed by atoms with Gasteiger partial charge < -0.3 is 5.32 Å². The number of hydrogen-bond acceptors (Lipinski definition) is 3. The molecule has 1 unspecified atom stereocenters. The van der Waals surface area contributed by atoms with Crippen LogP contribution in [-0.2, 0) is 0 Å². The Morgan fingerprint density at radius 3 is 2.80 bits per heavy atom. The summed E-state index contributed by atoms with van der Waals surface area (Å²) in [6.07, 6.45) is 5.53. The maximum atomic E-state index is 4.51. The number of hydrogen-bond donors (Lipinski definition) is 1. The summed E-state index contributed by atoms with van der Waals surface area (Å²) in [5.41, 5.74) is 2.19. The molecule has 100 valence electrons. The number of fused-ring (bicyclic) bond motifs is 1. The topological polar surface area (TPSA) is 37.8 Å². The molecular weight excluding hydrogens is 314 g/mol. The van der Waals surface area contributed by atoms with Crippen LogP contribution < -0.4 is 5.32 Å². The predicted molar refractivity (Wildman–Crippen MR) is 84.6 cm³/mol. The van der Waals surface area contributed by atoms with Gasteiger partial charge >= 0.3 is 0 Å². The van der Waals surface area contributed by atoms with Gasteiger partial charge in [-0.1, -0.05) is 18.2 Å². The van der Waals surface area contributed by atoms with Crippen molar-refractivity contribution in [2.75, 3.05) is 7.05 Å². The number of nitrogens with one attached hydrogen (secondary N) is 1. The second-order valence-corrected chi connectivity index (χ2v) is 5.39. The van der Waals surface area contributed by atoms with Gasteiger partial charge in [-0.2, -0.15) is 0 Å². The zero-order chi connectivity index (χ0) is 13.9. The number of aromatic nitrogens is 2.